The van der Waals surface area contributed by atoms with Gasteiger partial charge in [-0.25, -0.2) is 0 Å². The lowest BCUT2D eigenvalue weighted by Gasteiger charge is -2.48. The number of amides is 1. The number of hydrogen-bond acceptors (Lipinski definition) is 20. The van der Waals surface area contributed by atoms with E-state index < -0.39 is 149 Å². The summed E-state index contributed by atoms with van der Waals surface area (Å²) >= 11 is 0. The second kappa shape index (κ2) is 19.0. The van der Waals surface area contributed by atoms with Crippen molar-refractivity contribution in [3.05, 3.63) is 0 Å². The Hall–Kier alpha value is -1.29. The minimum Gasteiger partial charge on any atom is -0.394 e. The lowest BCUT2D eigenvalue weighted by Crippen LogP contribution is -2.67. The predicted octanol–water partition coefficient (Wildman–Crippen LogP) is -8.16. The number of carbonyl (C=O) groups is 1. The summed E-state index contributed by atoms with van der Waals surface area (Å²) in [7, 11) is 0. The molecule has 0 aromatic heterocycles. The van der Waals surface area contributed by atoms with Gasteiger partial charge in [-0.3, -0.25) is 4.79 Å². The molecule has 0 aliphatic carbocycles. The summed E-state index contributed by atoms with van der Waals surface area (Å²) in [6.45, 7) is -0.170. The van der Waals surface area contributed by atoms with E-state index in [2.05, 4.69) is 5.32 Å². The van der Waals surface area contributed by atoms with Gasteiger partial charge in [-0.2, -0.15) is 0 Å². The summed E-state index contributed by atoms with van der Waals surface area (Å²) in [5.74, 6) is -0.911. The lowest BCUT2D eigenvalue weighted by atomic mass is 9.96. The third-order valence-electron chi connectivity index (χ3n) is 8.76. The minimum atomic E-state index is -1.99. The molecule has 0 saturated carbocycles. The molecule has 3 aliphatic heterocycles. The van der Waals surface area contributed by atoms with Crippen molar-refractivity contribution < 1.29 is 99.6 Å². The van der Waals surface area contributed by atoms with E-state index in [-0.39, 0.29) is 12.8 Å². The molecule has 0 aromatic rings. The largest absolute Gasteiger partial charge is 0.394 e. The fraction of sp³-hybridized carbons (Fsp3) is 0.964. The maximum atomic E-state index is 12.5. The number of aliphatic hydroxyl groups is 13. The van der Waals surface area contributed by atoms with Crippen LogP contribution in [0.3, 0.4) is 0 Å². The van der Waals surface area contributed by atoms with Crippen LogP contribution in [-0.2, 0) is 33.2 Å². The van der Waals surface area contributed by atoms with E-state index in [0.29, 0.717) is 0 Å². The van der Waals surface area contributed by atoms with Gasteiger partial charge in [0.25, 0.3) is 0 Å². The first-order valence-corrected chi connectivity index (χ1v) is 16.0. The van der Waals surface area contributed by atoms with Crippen molar-refractivity contribution in [2.45, 2.75) is 143 Å². The van der Waals surface area contributed by atoms with Crippen molar-refractivity contribution in [1.82, 2.24) is 5.32 Å². The Morgan fingerprint density at radius 2 is 1.08 bits per heavy atom. The number of aliphatic hydroxyl groups excluding tert-OH is 13. The van der Waals surface area contributed by atoms with Crippen LogP contribution in [0.25, 0.3) is 0 Å². The second-order valence-electron chi connectivity index (χ2n) is 12.2. The molecule has 0 aromatic carbocycles. The third kappa shape index (κ3) is 9.78. The Kier molecular flexibility index (Phi) is 16.3. The average Bonchev–Trinajstić information content (AvgIpc) is 3.10. The molecule has 21 heteroatoms. The fourth-order valence-electron chi connectivity index (χ4n) is 5.53. The van der Waals surface area contributed by atoms with E-state index in [4.69, 9.17) is 28.4 Å². The minimum absolute atomic E-state index is 0.0128. The monoisotopic (exact) mass is 721 g/mol. The summed E-state index contributed by atoms with van der Waals surface area (Å²) in [5, 5.41) is 136. The molecule has 3 aliphatic rings. The van der Waals surface area contributed by atoms with Crippen LogP contribution >= 0.6 is 0 Å². The van der Waals surface area contributed by atoms with Crippen LogP contribution in [0.1, 0.15) is 26.7 Å². The zero-order chi connectivity index (χ0) is 36.7. The highest BCUT2D eigenvalue weighted by Crippen LogP contribution is 2.33. The van der Waals surface area contributed by atoms with Crippen LogP contribution in [0.5, 0.6) is 0 Å². The highest BCUT2D eigenvalue weighted by atomic mass is 16.8. The van der Waals surface area contributed by atoms with E-state index in [1.807, 2.05) is 0 Å². The van der Waals surface area contributed by atoms with Crippen LogP contribution in [0.15, 0.2) is 0 Å². The summed E-state index contributed by atoms with van der Waals surface area (Å²) < 4.78 is 33.7. The molecule has 288 valence electrons. The first kappa shape index (κ1) is 42.1. The Morgan fingerprint density at radius 3 is 1.57 bits per heavy atom. The summed E-state index contributed by atoms with van der Waals surface area (Å²) in [6, 6.07) is -1.39. The number of carbonyl (C=O) groups excluding carboxylic acids is 1. The average molecular weight is 722 g/mol. The van der Waals surface area contributed by atoms with Gasteiger partial charge in [-0.05, 0) is 12.8 Å². The molecular weight excluding hydrogens is 670 g/mol. The summed E-state index contributed by atoms with van der Waals surface area (Å²) in [4.78, 5) is 12.5. The van der Waals surface area contributed by atoms with Gasteiger partial charge in [0.1, 0.15) is 85.5 Å². The maximum absolute atomic E-state index is 12.5. The Balaban J connectivity index is 1.91. The van der Waals surface area contributed by atoms with Gasteiger partial charge in [0, 0.05) is 0 Å². The Labute approximate surface area is 280 Å². The van der Waals surface area contributed by atoms with Crippen molar-refractivity contribution in [2.75, 3.05) is 26.4 Å². The van der Waals surface area contributed by atoms with Gasteiger partial charge >= 0.3 is 0 Å². The molecule has 1 amide bonds. The number of nitrogens with one attached hydrogen (secondary N) is 1. The molecule has 3 heterocycles. The van der Waals surface area contributed by atoms with Crippen LogP contribution in [0.2, 0.25) is 0 Å². The Bertz CT molecular complexity index is 998. The van der Waals surface area contributed by atoms with Crippen molar-refractivity contribution in [3.8, 4) is 0 Å². The molecule has 49 heavy (non-hydrogen) atoms. The summed E-state index contributed by atoms with van der Waals surface area (Å²) in [6.07, 6.45) is -31.5. The van der Waals surface area contributed by atoms with E-state index in [0.717, 1.165) is 0 Å². The molecule has 19 atom stereocenters. The van der Waals surface area contributed by atoms with Gasteiger partial charge in [-0.1, -0.05) is 13.8 Å². The zero-order valence-electron chi connectivity index (χ0n) is 26.9. The number of ether oxygens (including phenoxy) is 6. The summed E-state index contributed by atoms with van der Waals surface area (Å²) in [5.41, 5.74) is 0. The van der Waals surface area contributed by atoms with Crippen molar-refractivity contribution >= 4 is 5.91 Å². The normalized spacial score (nSPS) is 42.6. The van der Waals surface area contributed by atoms with Crippen LogP contribution in [-0.4, -0.2) is 215 Å². The number of rotatable bonds is 16. The van der Waals surface area contributed by atoms with Crippen LogP contribution < -0.4 is 5.32 Å². The third-order valence-corrected chi connectivity index (χ3v) is 8.76. The standard InChI is InChI=1S/C28H51NO20/c1-3-10(33)15(35)9(29-25(43)11(34)4-2)8-44-27-23(20(40)17(37)13(6-31)46-27)49-28-24(21(41)18(38)14(7-32)47-28)48-26-22(42)19(39)16(36)12(5-30)45-26/h9-24,26-28,30-42H,3-8H2,1-2H3,(H,29,43)/t9-,10+,11+,12-,13+,14+,15-,16-,17-,18-,19+,20-,21-,22-,23+,24+,26-,27-,28?/m0/s1. The van der Waals surface area contributed by atoms with Gasteiger partial charge in [0.15, 0.2) is 18.9 Å². The SMILES string of the molecule is CC[C@@H](O)C(=O)N[C@@H](CO[C@H]1O[C@H](CO)[C@H](O)[C@H](O)[C@H]1OC1O[C@H](CO)[C@H](O)[C@H](O)[C@H]1O[C@@H]1O[C@@H](CO)[C@H](O)[C@@H](O)[C@@H]1O)[C@H](O)[C@H](O)CC. The van der Waals surface area contributed by atoms with E-state index in [9.17, 15) is 71.2 Å². The topological polar surface area (TPSA) is 347 Å². The van der Waals surface area contributed by atoms with E-state index in [1.165, 1.54) is 6.92 Å². The first-order chi connectivity index (χ1) is 23.1. The van der Waals surface area contributed by atoms with Gasteiger partial charge in [-0.15, -0.1) is 0 Å². The van der Waals surface area contributed by atoms with Gasteiger partial charge in [0.05, 0.1) is 38.6 Å². The maximum Gasteiger partial charge on any atom is 0.249 e. The van der Waals surface area contributed by atoms with Crippen molar-refractivity contribution in [3.63, 3.8) is 0 Å². The molecule has 3 saturated heterocycles. The second-order valence-corrected chi connectivity index (χ2v) is 12.2. The molecule has 3 rings (SSSR count). The smallest absolute Gasteiger partial charge is 0.249 e. The number of hydrogen-bond donors (Lipinski definition) is 14. The first-order valence-electron chi connectivity index (χ1n) is 16.0. The molecule has 3 fully saturated rings. The van der Waals surface area contributed by atoms with Gasteiger partial charge < -0.3 is 100 Å². The lowest BCUT2D eigenvalue weighted by molar-refractivity contribution is -0.393. The van der Waals surface area contributed by atoms with Crippen molar-refractivity contribution in [1.29, 1.82) is 0 Å². The molecule has 0 spiro atoms. The van der Waals surface area contributed by atoms with E-state index in [1.54, 1.807) is 6.92 Å². The fourth-order valence-corrected chi connectivity index (χ4v) is 5.53. The molecular formula is C28H51NO20. The molecule has 14 N–H and O–H groups in total. The van der Waals surface area contributed by atoms with Crippen LogP contribution in [0, 0.1) is 0 Å². The molecule has 0 radical (unpaired) electrons. The Morgan fingerprint density at radius 1 is 0.633 bits per heavy atom. The zero-order valence-corrected chi connectivity index (χ0v) is 26.9. The van der Waals surface area contributed by atoms with Gasteiger partial charge in [0.2, 0.25) is 5.91 Å². The van der Waals surface area contributed by atoms with Crippen molar-refractivity contribution in [2.24, 2.45) is 0 Å². The highest BCUT2D eigenvalue weighted by Gasteiger charge is 2.54. The molecule has 21 nitrogen and oxygen atoms in total. The molecule has 1 unspecified atom stereocenters. The predicted molar refractivity (Wildman–Crippen MR) is 156 cm³/mol. The van der Waals surface area contributed by atoms with Crippen LogP contribution in [0.4, 0.5) is 0 Å². The highest BCUT2D eigenvalue weighted by molar-refractivity contribution is 5.80. The quantitative estimate of drug-likeness (QED) is 0.0703. The molecule has 0 bridgehead atoms. The van der Waals surface area contributed by atoms with E-state index >= 15 is 0 Å².